The van der Waals surface area contributed by atoms with Crippen LogP contribution in [0, 0.1) is 19.8 Å². The molecule has 8 nitrogen and oxygen atoms in total. The molecule has 2 saturated heterocycles. The summed E-state index contributed by atoms with van der Waals surface area (Å²) in [6.07, 6.45) is 1.79. The summed E-state index contributed by atoms with van der Waals surface area (Å²) in [6, 6.07) is 9.32. The molecule has 3 heterocycles. The molecule has 2 aliphatic heterocycles. The Morgan fingerprint density at radius 1 is 1.10 bits per heavy atom. The molecule has 1 aromatic heterocycles. The number of nitrogens with zero attached hydrogens (tertiary/aromatic N) is 1. The molecule has 1 aromatic carbocycles. The lowest BCUT2D eigenvalue weighted by atomic mass is 9.97. The molecular formula is C22H30N4O4S. The van der Waals surface area contributed by atoms with Crippen LogP contribution in [0.4, 0.5) is 5.69 Å². The third kappa shape index (κ3) is 4.69. The van der Waals surface area contributed by atoms with Gasteiger partial charge in [0, 0.05) is 30.7 Å². The van der Waals surface area contributed by atoms with Crippen LogP contribution in [0.1, 0.15) is 49.1 Å². The standard InChI is InChI=1S/C22H30N4O4S/c1-14-4-5-18(12-15(14)2)23-22(27)17-8-10-26(11-9-17)31(28,29)21-7-6-20(30-21)19-13-16(3)24-25-19/h4-7,12,16-17,19,24-25H,8-11,13H2,1-3H3,(H,23,27). The van der Waals surface area contributed by atoms with E-state index in [4.69, 9.17) is 4.42 Å². The van der Waals surface area contributed by atoms with Crippen molar-refractivity contribution in [1.82, 2.24) is 15.2 Å². The number of sulfonamides is 1. The number of carbonyl (C=O) groups is 1. The van der Waals surface area contributed by atoms with Crippen molar-refractivity contribution in [2.45, 2.75) is 57.2 Å². The van der Waals surface area contributed by atoms with Crippen molar-refractivity contribution in [3.05, 3.63) is 47.2 Å². The summed E-state index contributed by atoms with van der Waals surface area (Å²) >= 11 is 0. The van der Waals surface area contributed by atoms with Crippen LogP contribution < -0.4 is 16.2 Å². The molecule has 2 atom stereocenters. The van der Waals surface area contributed by atoms with E-state index in [2.05, 4.69) is 16.2 Å². The first-order valence-electron chi connectivity index (χ1n) is 10.7. The summed E-state index contributed by atoms with van der Waals surface area (Å²) < 4.78 is 33.1. The number of hydrogen-bond donors (Lipinski definition) is 3. The van der Waals surface area contributed by atoms with Gasteiger partial charge in [-0.25, -0.2) is 13.8 Å². The van der Waals surface area contributed by atoms with Gasteiger partial charge in [-0.05, 0) is 75.4 Å². The zero-order valence-electron chi connectivity index (χ0n) is 18.1. The Hall–Kier alpha value is -2.20. The summed E-state index contributed by atoms with van der Waals surface area (Å²) in [4.78, 5) is 12.7. The number of anilines is 1. The Bertz CT molecular complexity index is 1060. The van der Waals surface area contributed by atoms with E-state index in [9.17, 15) is 13.2 Å². The normalized spacial score (nSPS) is 23.2. The molecule has 2 aliphatic rings. The number of rotatable bonds is 5. The summed E-state index contributed by atoms with van der Waals surface area (Å²) in [6.45, 7) is 6.68. The van der Waals surface area contributed by atoms with Gasteiger partial charge in [-0.3, -0.25) is 10.2 Å². The lowest BCUT2D eigenvalue weighted by molar-refractivity contribution is -0.120. The van der Waals surface area contributed by atoms with Crippen LogP contribution in [0.15, 0.2) is 39.8 Å². The van der Waals surface area contributed by atoms with Gasteiger partial charge in [0.15, 0.2) is 0 Å². The molecule has 2 unspecified atom stereocenters. The first kappa shape index (κ1) is 22.0. The predicted octanol–water partition coefficient (Wildman–Crippen LogP) is 2.86. The van der Waals surface area contributed by atoms with Crippen molar-refractivity contribution >= 4 is 21.6 Å². The van der Waals surface area contributed by atoms with E-state index in [-0.39, 0.29) is 23.0 Å². The zero-order valence-corrected chi connectivity index (χ0v) is 19.0. The van der Waals surface area contributed by atoms with Crippen LogP contribution in [0.25, 0.3) is 0 Å². The number of amides is 1. The van der Waals surface area contributed by atoms with Crippen LogP contribution >= 0.6 is 0 Å². The average Bonchev–Trinajstić information content (AvgIpc) is 3.40. The Morgan fingerprint density at radius 3 is 2.48 bits per heavy atom. The molecule has 9 heteroatoms. The van der Waals surface area contributed by atoms with Crippen molar-refractivity contribution in [3.8, 4) is 0 Å². The predicted molar refractivity (Wildman–Crippen MR) is 118 cm³/mol. The maximum atomic E-state index is 13.0. The number of hydrazine groups is 1. The molecule has 168 valence electrons. The van der Waals surface area contributed by atoms with Gasteiger partial charge in [-0.15, -0.1) is 0 Å². The van der Waals surface area contributed by atoms with Crippen LogP contribution in [-0.2, 0) is 14.8 Å². The Morgan fingerprint density at radius 2 is 1.84 bits per heavy atom. The number of aryl methyl sites for hydroxylation is 2. The molecule has 1 amide bonds. The van der Waals surface area contributed by atoms with Gasteiger partial charge in [-0.1, -0.05) is 6.07 Å². The number of hydrogen-bond acceptors (Lipinski definition) is 6. The fourth-order valence-electron chi connectivity index (χ4n) is 4.11. The molecule has 4 rings (SSSR count). The smallest absolute Gasteiger partial charge is 0.276 e. The molecule has 0 radical (unpaired) electrons. The summed E-state index contributed by atoms with van der Waals surface area (Å²) in [5.41, 5.74) is 9.29. The molecule has 0 aliphatic carbocycles. The highest BCUT2D eigenvalue weighted by Gasteiger charge is 2.35. The van der Waals surface area contributed by atoms with Gasteiger partial charge in [0.05, 0.1) is 6.04 Å². The third-order valence-corrected chi connectivity index (χ3v) is 8.00. The first-order valence-corrected chi connectivity index (χ1v) is 12.2. The second kappa shape index (κ2) is 8.74. The van der Waals surface area contributed by atoms with Gasteiger partial charge >= 0.3 is 0 Å². The SMILES string of the molecule is Cc1ccc(NC(=O)C2CCN(S(=O)(=O)c3ccc(C4CC(C)NN4)o3)CC2)cc1C. The largest absolute Gasteiger partial charge is 0.447 e. The van der Waals surface area contributed by atoms with Gasteiger partial charge in [-0.2, -0.15) is 4.31 Å². The third-order valence-electron chi connectivity index (χ3n) is 6.23. The van der Waals surface area contributed by atoms with E-state index in [0.717, 1.165) is 17.7 Å². The molecule has 31 heavy (non-hydrogen) atoms. The zero-order chi connectivity index (χ0) is 22.2. The van der Waals surface area contributed by atoms with Crippen LogP contribution in [0.5, 0.6) is 0 Å². The average molecular weight is 447 g/mol. The highest BCUT2D eigenvalue weighted by Crippen LogP contribution is 2.29. The van der Waals surface area contributed by atoms with Crippen molar-refractivity contribution in [1.29, 1.82) is 0 Å². The molecular weight excluding hydrogens is 416 g/mol. The van der Waals surface area contributed by atoms with Crippen LogP contribution in [0.3, 0.4) is 0 Å². The van der Waals surface area contributed by atoms with E-state index in [1.54, 1.807) is 6.07 Å². The summed E-state index contributed by atoms with van der Waals surface area (Å²) in [5.74, 6) is 0.336. The fraction of sp³-hybridized carbons (Fsp3) is 0.500. The quantitative estimate of drug-likeness (QED) is 0.653. The molecule has 3 N–H and O–H groups in total. The second-order valence-electron chi connectivity index (χ2n) is 8.60. The molecule has 2 aromatic rings. The number of piperidine rings is 1. The highest BCUT2D eigenvalue weighted by atomic mass is 32.2. The maximum absolute atomic E-state index is 13.0. The molecule has 2 fully saturated rings. The topological polar surface area (TPSA) is 104 Å². The van der Waals surface area contributed by atoms with E-state index in [1.165, 1.54) is 15.9 Å². The van der Waals surface area contributed by atoms with Gasteiger partial charge < -0.3 is 9.73 Å². The minimum Gasteiger partial charge on any atom is -0.447 e. The van der Waals surface area contributed by atoms with Gasteiger partial charge in [0.25, 0.3) is 10.0 Å². The number of furan rings is 1. The maximum Gasteiger partial charge on any atom is 0.276 e. The lowest BCUT2D eigenvalue weighted by Crippen LogP contribution is -2.41. The van der Waals surface area contributed by atoms with Gasteiger partial charge in [0.2, 0.25) is 11.0 Å². The Balaban J connectivity index is 1.36. The van der Waals surface area contributed by atoms with Gasteiger partial charge in [0.1, 0.15) is 5.76 Å². The minimum absolute atomic E-state index is 0.0399. The fourth-order valence-corrected chi connectivity index (χ4v) is 5.50. The molecule has 0 spiro atoms. The van der Waals surface area contributed by atoms with Crippen molar-refractivity contribution < 1.29 is 17.6 Å². The number of benzene rings is 1. The molecule has 0 bridgehead atoms. The minimum atomic E-state index is -3.72. The highest BCUT2D eigenvalue weighted by molar-refractivity contribution is 7.89. The van der Waals surface area contributed by atoms with Crippen LogP contribution in [-0.4, -0.2) is 37.8 Å². The first-order chi connectivity index (χ1) is 14.7. The van der Waals surface area contributed by atoms with Crippen LogP contribution in [0.2, 0.25) is 0 Å². The lowest BCUT2D eigenvalue weighted by Gasteiger charge is -2.29. The molecule has 0 saturated carbocycles. The number of nitrogens with one attached hydrogen (secondary N) is 3. The van der Waals surface area contributed by atoms with E-state index >= 15 is 0 Å². The van der Waals surface area contributed by atoms with Crippen molar-refractivity contribution in [3.63, 3.8) is 0 Å². The Labute approximate surface area is 183 Å². The van der Waals surface area contributed by atoms with E-state index in [1.807, 2.05) is 39.0 Å². The van der Waals surface area contributed by atoms with E-state index < -0.39 is 10.0 Å². The monoisotopic (exact) mass is 446 g/mol. The van der Waals surface area contributed by atoms with Crippen molar-refractivity contribution in [2.24, 2.45) is 5.92 Å². The summed E-state index contributed by atoms with van der Waals surface area (Å²) in [5, 5.41) is 2.92. The second-order valence-corrected chi connectivity index (χ2v) is 10.5. The van der Waals surface area contributed by atoms with Crippen molar-refractivity contribution in [2.75, 3.05) is 18.4 Å². The number of carbonyl (C=O) groups excluding carboxylic acids is 1. The summed E-state index contributed by atoms with van der Waals surface area (Å²) in [7, 11) is -3.72. The van der Waals surface area contributed by atoms with E-state index in [0.29, 0.717) is 37.7 Å². The Kier molecular flexibility index (Phi) is 6.20.